The Hall–Kier alpha value is -2.40. The topological polar surface area (TPSA) is 41.1 Å². The van der Waals surface area contributed by atoms with Crippen LogP contribution in [0.25, 0.3) is 0 Å². The van der Waals surface area contributed by atoms with Gasteiger partial charge in [0, 0.05) is 28.6 Å². The van der Waals surface area contributed by atoms with Crippen molar-refractivity contribution in [3.8, 4) is 0 Å². The Labute approximate surface area is 149 Å². The summed E-state index contributed by atoms with van der Waals surface area (Å²) in [6, 6.07) is 18.5. The highest BCUT2D eigenvalue weighted by Gasteiger charge is 2.19. The van der Waals surface area contributed by atoms with Crippen molar-refractivity contribution < 1.29 is 0 Å². The molecule has 0 atom stereocenters. The van der Waals surface area contributed by atoms with Gasteiger partial charge in [0.2, 0.25) is 5.95 Å². The van der Waals surface area contributed by atoms with E-state index in [2.05, 4.69) is 55.4 Å². The molecule has 0 bridgehead atoms. The molecule has 5 heteroatoms. The number of nitrogens with one attached hydrogen (secondary N) is 1. The zero-order valence-electron chi connectivity index (χ0n) is 13.1. The third-order valence-electron chi connectivity index (χ3n) is 4.11. The molecule has 1 aliphatic rings. The van der Waals surface area contributed by atoms with Gasteiger partial charge in [-0.15, -0.1) is 0 Å². The number of nitrogens with zero attached hydrogens (tertiary/aromatic N) is 3. The molecular weight excluding hydrogens is 364 g/mol. The summed E-state index contributed by atoms with van der Waals surface area (Å²) in [6.45, 7) is 0.977. The van der Waals surface area contributed by atoms with Gasteiger partial charge in [-0.05, 0) is 48.7 Å². The second-order valence-electron chi connectivity index (χ2n) is 5.76. The molecule has 0 amide bonds. The molecular formula is C19H17BrN4. The molecule has 1 aromatic heterocycles. The number of anilines is 4. The number of benzene rings is 2. The molecule has 0 saturated carbocycles. The SMILES string of the molecule is Brc1cccc(Nc2nccc(N3CCCc4ccccc43)n2)c1. The summed E-state index contributed by atoms with van der Waals surface area (Å²) in [4.78, 5) is 11.3. The summed E-state index contributed by atoms with van der Waals surface area (Å²) in [5, 5.41) is 3.27. The molecule has 0 spiro atoms. The summed E-state index contributed by atoms with van der Waals surface area (Å²) >= 11 is 3.48. The van der Waals surface area contributed by atoms with E-state index in [0.717, 1.165) is 35.4 Å². The summed E-state index contributed by atoms with van der Waals surface area (Å²) < 4.78 is 1.02. The van der Waals surface area contributed by atoms with E-state index in [9.17, 15) is 0 Å². The Morgan fingerprint density at radius 1 is 1.04 bits per heavy atom. The van der Waals surface area contributed by atoms with Crippen molar-refractivity contribution in [3.63, 3.8) is 0 Å². The first-order valence-electron chi connectivity index (χ1n) is 8.01. The highest BCUT2D eigenvalue weighted by Crippen LogP contribution is 2.32. The predicted octanol–water partition coefficient (Wildman–Crippen LogP) is 5.07. The Balaban J connectivity index is 1.64. The number of fused-ring (bicyclic) bond motifs is 1. The van der Waals surface area contributed by atoms with Crippen molar-refractivity contribution >= 4 is 39.1 Å². The van der Waals surface area contributed by atoms with Gasteiger partial charge in [-0.3, -0.25) is 0 Å². The Morgan fingerprint density at radius 3 is 2.88 bits per heavy atom. The van der Waals surface area contributed by atoms with Crippen molar-refractivity contribution in [1.82, 2.24) is 9.97 Å². The van der Waals surface area contributed by atoms with Gasteiger partial charge in [0.15, 0.2) is 0 Å². The summed E-state index contributed by atoms with van der Waals surface area (Å²) in [5.74, 6) is 1.53. The fraction of sp³-hybridized carbons (Fsp3) is 0.158. The smallest absolute Gasteiger partial charge is 0.229 e. The molecule has 1 aliphatic heterocycles. The summed E-state index contributed by atoms with van der Waals surface area (Å²) in [5.41, 5.74) is 3.58. The Kier molecular flexibility index (Phi) is 4.17. The van der Waals surface area contributed by atoms with Crippen LogP contribution in [0.2, 0.25) is 0 Å². The number of hydrogen-bond donors (Lipinski definition) is 1. The number of aryl methyl sites for hydroxylation is 1. The predicted molar refractivity (Wildman–Crippen MR) is 101 cm³/mol. The van der Waals surface area contributed by atoms with Gasteiger partial charge in [-0.2, -0.15) is 4.98 Å². The van der Waals surface area contributed by atoms with Gasteiger partial charge in [0.25, 0.3) is 0 Å². The van der Waals surface area contributed by atoms with E-state index >= 15 is 0 Å². The number of rotatable bonds is 3. The molecule has 1 N–H and O–H groups in total. The zero-order valence-corrected chi connectivity index (χ0v) is 14.7. The van der Waals surface area contributed by atoms with E-state index in [1.165, 1.54) is 11.3 Å². The third-order valence-corrected chi connectivity index (χ3v) is 4.60. The fourth-order valence-corrected chi connectivity index (χ4v) is 3.43. The van der Waals surface area contributed by atoms with Crippen molar-refractivity contribution in [2.24, 2.45) is 0 Å². The maximum atomic E-state index is 4.71. The minimum absolute atomic E-state index is 0.605. The van der Waals surface area contributed by atoms with Crippen LogP contribution in [0, 0.1) is 0 Å². The number of para-hydroxylation sites is 1. The quantitative estimate of drug-likeness (QED) is 0.688. The molecule has 4 rings (SSSR count). The van der Waals surface area contributed by atoms with E-state index in [1.54, 1.807) is 6.20 Å². The van der Waals surface area contributed by atoms with Crippen LogP contribution in [0.4, 0.5) is 23.1 Å². The average Bonchev–Trinajstić information content (AvgIpc) is 2.61. The van der Waals surface area contributed by atoms with Crippen molar-refractivity contribution in [2.45, 2.75) is 12.8 Å². The molecule has 2 heterocycles. The van der Waals surface area contributed by atoms with E-state index < -0.39 is 0 Å². The monoisotopic (exact) mass is 380 g/mol. The van der Waals surface area contributed by atoms with Gasteiger partial charge >= 0.3 is 0 Å². The normalized spacial score (nSPS) is 13.5. The van der Waals surface area contributed by atoms with Crippen LogP contribution in [-0.2, 0) is 6.42 Å². The minimum Gasteiger partial charge on any atom is -0.326 e. The van der Waals surface area contributed by atoms with Gasteiger partial charge in [0.1, 0.15) is 5.82 Å². The van der Waals surface area contributed by atoms with Gasteiger partial charge in [0.05, 0.1) is 0 Å². The molecule has 0 radical (unpaired) electrons. The Morgan fingerprint density at radius 2 is 1.96 bits per heavy atom. The largest absolute Gasteiger partial charge is 0.326 e. The van der Waals surface area contributed by atoms with Crippen molar-refractivity contribution in [1.29, 1.82) is 0 Å². The summed E-state index contributed by atoms with van der Waals surface area (Å²) in [6.07, 6.45) is 4.07. The number of aromatic nitrogens is 2. The average molecular weight is 381 g/mol. The van der Waals surface area contributed by atoms with Crippen LogP contribution < -0.4 is 10.2 Å². The zero-order chi connectivity index (χ0) is 16.4. The van der Waals surface area contributed by atoms with Crippen molar-refractivity contribution in [3.05, 3.63) is 70.8 Å². The standard InChI is InChI=1S/C19H17BrN4/c20-15-7-3-8-16(13-15)22-19-21-11-10-18(23-19)24-12-4-6-14-5-1-2-9-17(14)24/h1-3,5,7-11,13H,4,6,12H2,(H,21,22,23). The lowest BCUT2D eigenvalue weighted by Crippen LogP contribution is -2.25. The van der Waals surface area contributed by atoms with Crippen LogP contribution in [-0.4, -0.2) is 16.5 Å². The van der Waals surface area contributed by atoms with Crippen LogP contribution >= 0.6 is 15.9 Å². The van der Waals surface area contributed by atoms with E-state index in [4.69, 9.17) is 4.98 Å². The first kappa shape index (κ1) is 15.1. The van der Waals surface area contributed by atoms with Gasteiger partial charge in [-0.1, -0.05) is 40.2 Å². The van der Waals surface area contributed by atoms with Crippen LogP contribution in [0.1, 0.15) is 12.0 Å². The van der Waals surface area contributed by atoms with Gasteiger partial charge < -0.3 is 10.2 Å². The highest BCUT2D eigenvalue weighted by molar-refractivity contribution is 9.10. The molecule has 0 aliphatic carbocycles. The van der Waals surface area contributed by atoms with Crippen molar-refractivity contribution in [2.75, 3.05) is 16.8 Å². The molecule has 3 aromatic rings. The van der Waals surface area contributed by atoms with E-state index in [1.807, 2.05) is 30.3 Å². The summed E-state index contributed by atoms with van der Waals surface area (Å²) in [7, 11) is 0. The number of hydrogen-bond acceptors (Lipinski definition) is 4. The lowest BCUT2D eigenvalue weighted by molar-refractivity contribution is 0.759. The van der Waals surface area contributed by atoms with Crippen LogP contribution in [0.15, 0.2) is 65.3 Å². The second kappa shape index (κ2) is 6.61. The molecule has 0 saturated heterocycles. The maximum Gasteiger partial charge on any atom is 0.229 e. The first-order valence-corrected chi connectivity index (χ1v) is 8.80. The molecule has 120 valence electrons. The molecule has 2 aromatic carbocycles. The fourth-order valence-electron chi connectivity index (χ4n) is 3.03. The molecule has 4 nitrogen and oxygen atoms in total. The van der Waals surface area contributed by atoms with Crippen LogP contribution in [0.3, 0.4) is 0 Å². The van der Waals surface area contributed by atoms with Crippen LogP contribution in [0.5, 0.6) is 0 Å². The molecule has 0 fully saturated rings. The van der Waals surface area contributed by atoms with Gasteiger partial charge in [-0.25, -0.2) is 4.98 Å². The molecule has 0 unspecified atom stereocenters. The minimum atomic E-state index is 0.605. The highest BCUT2D eigenvalue weighted by atomic mass is 79.9. The lowest BCUT2D eigenvalue weighted by Gasteiger charge is -2.30. The first-order chi connectivity index (χ1) is 11.8. The second-order valence-corrected chi connectivity index (χ2v) is 6.67. The lowest BCUT2D eigenvalue weighted by atomic mass is 10.0. The maximum absolute atomic E-state index is 4.71. The number of halogens is 1. The third kappa shape index (κ3) is 3.12. The Bertz CT molecular complexity index is 865. The van der Waals surface area contributed by atoms with E-state index in [-0.39, 0.29) is 0 Å². The van der Waals surface area contributed by atoms with E-state index in [0.29, 0.717) is 5.95 Å². The molecule has 24 heavy (non-hydrogen) atoms.